The second-order valence-electron chi connectivity index (χ2n) is 6.19. The van der Waals surface area contributed by atoms with E-state index in [1.807, 2.05) is 4.90 Å². The molecule has 5 nitrogen and oxygen atoms in total. The van der Waals surface area contributed by atoms with Gasteiger partial charge in [0.25, 0.3) is 0 Å². The van der Waals surface area contributed by atoms with Gasteiger partial charge in [-0.15, -0.1) is 0 Å². The first-order chi connectivity index (χ1) is 10.0. The van der Waals surface area contributed by atoms with Crippen LogP contribution in [-0.2, 0) is 9.59 Å². The number of rotatable bonds is 9. The van der Waals surface area contributed by atoms with Crippen LogP contribution in [0.4, 0.5) is 0 Å². The maximum atomic E-state index is 12.0. The van der Waals surface area contributed by atoms with Gasteiger partial charge in [0.05, 0.1) is 0 Å². The Morgan fingerprint density at radius 1 is 1.19 bits per heavy atom. The van der Waals surface area contributed by atoms with Gasteiger partial charge in [-0.3, -0.25) is 9.59 Å². The van der Waals surface area contributed by atoms with Crippen LogP contribution >= 0.6 is 0 Å². The average molecular weight is 298 g/mol. The van der Waals surface area contributed by atoms with E-state index in [-0.39, 0.29) is 12.3 Å². The van der Waals surface area contributed by atoms with Gasteiger partial charge in [0.1, 0.15) is 0 Å². The van der Waals surface area contributed by atoms with Crippen LogP contribution < -0.4 is 0 Å². The third-order valence-corrected chi connectivity index (χ3v) is 4.21. The molecule has 5 heteroatoms. The van der Waals surface area contributed by atoms with Crippen molar-refractivity contribution in [3.8, 4) is 0 Å². The van der Waals surface area contributed by atoms with Crippen LogP contribution in [-0.4, -0.2) is 60.0 Å². The average Bonchev–Trinajstić information content (AvgIpc) is 2.45. The van der Waals surface area contributed by atoms with Gasteiger partial charge in [0.15, 0.2) is 0 Å². The van der Waals surface area contributed by atoms with Gasteiger partial charge in [-0.2, -0.15) is 0 Å². The van der Waals surface area contributed by atoms with E-state index in [0.29, 0.717) is 18.8 Å². The van der Waals surface area contributed by atoms with E-state index in [1.54, 1.807) is 0 Å². The standard InChI is InChI=1S/C16H30N2O3/c1-3-4-10-17(2)13-14-8-11-18(12-9-14)15(19)6-5-7-16(20)21/h14H,3-13H2,1-2H3,(H,20,21). The van der Waals surface area contributed by atoms with E-state index < -0.39 is 5.97 Å². The summed E-state index contributed by atoms with van der Waals surface area (Å²) in [5.41, 5.74) is 0. The zero-order chi connectivity index (χ0) is 15.7. The summed E-state index contributed by atoms with van der Waals surface area (Å²) in [6.07, 6.45) is 5.53. The second-order valence-corrected chi connectivity index (χ2v) is 6.19. The van der Waals surface area contributed by atoms with E-state index >= 15 is 0 Å². The van der Waals surface area contributed by atoms with E-state index in [1.165, 1.54) is 12.8 Å². The van der Waals surface area contributed by atoms with Crippen LogP contribution in [0.3, 0.4) is 0 Å². The quantitative estimate of drug-likeness (QED) is 0.709. The SMILES string of the molecule is CCCCN(C)CC1CCN(C(=O)CCCC(=O)O)CC1. The number of carbonyl (C=O) groups excluding carboxylic acids is 1. The third-order valence-electron chi connectivity index (χ3n) is 4.21. The highest BCUT2D eigenvalue weighted by atomic mass is 16.4. The molecular weight excluding hydrogens is 268 g/mol. The number of likely N-dealkylation sites (tertiary alicyclic amines) is 1. The minimum absolute atomic E-state index is 0.0877. The summed E-state index contributed by atoms with van der Waals surface area (Å²) >= 11 is 0. The molecule has 0 aromatic carbocycles. The van der Waals surface area contributed by atoms with Crippen LogP contribution in [0.5, 0.6) is 0 Å². The maximum absolute atomic E-state index is 12.0. The molecule has 1 fully saturated rings. The summed E-state index contributed by atoms with van der Waals surface area (Å²) < 4.78 is 0. The molecule has 1 N–H and O–H groups in total. The molecular formula is C16H30N2O3. The lowest BCUT2D eigenvalue weighted by Crippen LogP contribution is -2.41. The van der Waals surface area contributed by atoms with Crippen molar-refractivity contribution in [2.24, 2.45) is 5.92 Å². The van der Waals surface area contributed by atoms with Gasteiger partial charge >= 0.3 is 5.97 Å². The van der Waals surface area contributed by atoms with Gasteiger partial charge in [-0.05, 0) is 45.2 Å². The molecule has 122 valence electrons. The number of carbonyl (C=O) groups is 2. The van der Waals surface area contributed by atoms with Crippen LogP contribution in [0, 0.1) is 5.92 Å². The zero-order valence-corrected chi connectivity index (χ0v) is 13.5. The molecule has 0 unspecified atom stereocenters. The number of unbranched alkanes of at least 4 members (excludes halogenated alkanes) is 1. The minimum Gasteiger partial charge on any atom is -0.481 e. The molecule has 0 bridgehead atoms. The van der Waals surface area contributed by atoms with Crippen molar-refractivity contribution < 1.29 is 14.7 Å². The van der Waals surface area contributed by atoms with E-state index in [0.717, 1.165) is 39.0 Å². The van der Waals surface area contributed by atoms with Crippen LogP contribution in [0.1, 0.15) is 51.9 Å². The van der Waals surface area contributed by atoms with Crippen LogP contribution in [0.15, 0.2) is 0 Å². The summed E-state index contributed by atoms with van der Waals surface area (Å²) in [4.78, 5) is 26.7. The van der Waals surface area contributed by atoms with E-state index in [2.05, 4.69) is 18.9 Å². The normalized spacial score (nSPS) is 16.4. The smallest absolute Gasteiger partial charge is 0.303 e. The molecule has 0 atom stereocenters. The fraction of sp³-hybridized carbons (Fsp3) is 0.875. The molecule has 0 radical (unpaired) electrons. The third kappa shape index (κ3) is 7.46. The fourth-order valence-electron chi connectivity index (χ4n) is 2.87. The van der Waals surface area contributed by atoms with Crippen molar-refractivity contribution in [2.45, 2.75) is 51.9 Å². The Labute approximate surface area is 128 Å². The predicted octanol–water partition coefficient (Wildman–Crippen LogP) is 2.21. The number of carboxylic acid groups (broad SMARTS) is 1. The zero-order valence-electron chi connectivity index (χ0n) is 13.5. The van der Waals surface area contributed by atoms with Gasteiger partial charge in [0, 0.05) is 32.5 Å². The highest BCUT2D eigenvalue weighted by molar-refractivity contribution is 5.77. The fourth-order valence-corrected chi connectivity index (χ4v) is 2.87. The number of aliphatic carboxylic acids is 1. The van der Waals surface area contributed by atoms with Crippen molar-refractivity contribution in [3.63, 3.8) is 0 Å². The molecule has 1 amide bonds. The molecule has 1 aliphatic heterocycles. The number of hydrogen-bond acceptors (Lipinski definition) is 3. The summed E-state index contributed by atoms with van der Waals surface area (Å²) in [6, 6.07) is 0. The summed E-state index contributed by atoms with van der Waals surface area (Å²) in [7, 11) is 2.18. The first kappa shape index (κ1) is 18.0. The first-order valence-electron chi connectivity index (χ1n) is 8.21. The highest BCUT2D eigenvalue weighted by Gasteiger charge is 2.23. The van der Waals surface area contributed by atoms with Crippen LogP contribution in [0.25, 0.3) is 0 Å². The number of amides is 1. The lowest BCUT2D eigenvalue weighted by molar-refractivity contribution is -0.137. The number of piperidine rings is 1. The summed E-state index contributed by atoms with van der Waals surface area (Å²) in [6.45, 7) is 6.16. The minimum atomic E-state index is -0.823. The molecule has 0 saturated carbocycles. The van der Waals surface area contributed by atoms with Crippen molar-refractivity contribution in [2.75, 3.05) is 33.2 Å². The van der Waals surface area contributed by atoms with Crippen molar-refractivity contribution in [3.05, 3.63) is 0 Å². The molecule has 21 heavy (non-hydrogen) atoms. The number of nitrogens with zero attached hydrogens (tertiary/aromatic N) is 2. The lowest BCUT2D eigenvalue weighted by atomic mass is 9.96. The summed E-state index contributed by atoms with van der Waals surface area (Å²) in [5.74, 6) is -0.0133. The molecule has 0 aromatic rings. The van der Waals surface area contributed by atoms with Gasteiger partial charge in [-0.25, -0.2) is 0 Å². The molecule has 0 aliphatic carbocycles. The molecule has 0 aromatic heterocycles. The number of hydrogen-bond donors (Lipinski definition) is 1. The highest BCUT2D eigenvalue weighted by Crippen LogP contribution is 2.19. The first-order valence-corrected chi connectivity index (χ1v) is 8.21. The molecule has 1 saturated heterocycles. The molecule has 1 heterocycles. The predicted molar refractivity (Wildman–Crippen MR) is 83.2 cm³/mol. The van der Waals surface area contributed by atoms with Crippen molar-refractivity contribution >= 4 is 11.9 Å². The van der Waals surface area contributed by atoms with E-state index in [4.69, 9.17) is 5.11 Å². The van der Waals surface area contributed by atoms with Gasteiger partial charge in [-0.1, -0.05) is 13.3 Å². The Balaban J connectivity index is 2.19. The number of carboxylic acids is 1. The summed E-state index contributed by atoms with van der Waals surface area (Å²) in [5, 5.41) is 8.59. The Bertz CT molecular complexity index is 325. The topological polar surface area (TPSA) is 60.9 Å². The largest absolute Gasteiger partial charge is 0.481 e. The lowest BCUT2D eigenvalue weighted by Gasteiger charge is -2.34. The van der Waals surface area contributed by atoms with Gasteiger partial charge < -0.3 is 14.9 Å². The van der Waals surface area contributed by atoms with Crippen LogP contribution in [0.2, 0.25) is 0 Å². The van der Waals surface area contributed by atoms with Crippen molar-refractivity contribution in [1.29, 1.82) is 0 Å². The Kier molecular flexibility index (Phi) is 8.35. The Morgan fingerprint density at radius 3 is 2.43 bits per heavy atom. The molecule has 1 aliphatic rings. The van der Waals surface area contributed by atoms with E-state index in [9.17, 15) is 9.59 Å². The monoisotopic (exact) mass is 298 g/mol. The second kappa shape index (κ2) is 9.77. The Hall–Kier alpha value is -1.10. The molecule has 1 rings (SSSR count). The maximum Gasteiger partial charge on any atom is 0.303 e. The molecule has 0 spiro atoms. The van der Waals surface area contributed by atoms with Gasteiger partial charge in [0.2, 0.25) is 5.91 Å². The Morgan fingerprint density at radius 2 is 1.86 bits per heavy atom. The van der Waals surface area contributed by atoms with Crippen molar-refractivity contribution in [1.82, 2.24) is 9.80 Å².